The van der Waals surface area contributed by atoms with Gasteiger partial charge in [-0.1, -0.05) is 329 Å². The lowest BCUT2D eigenvalue weighted by atomic mass is 10.0. The number of phosphoric acid groups is 1. The lowest BCUT2D eigenvalue weighted by Gasteiger charge is -2.24. The van der Waals surface area contributed by atoms with Crippen LogP contribution in [-0.4, -0.2) is 74.9 Å². The fraction of sp³-hybridized carbons (Fsp3) is 0.750. The molecule has 0 bridgehead atoms. The number of hydrogen-bond acceptors (Lipinski definition) is 7. The van der Waals surface area contributed by atoms with Crippen molar-refractivity contribution in [2.75, 3.05) is 47.5 Å². The number of allylic oxidation sites excluding steroid dienone is 18. The van der Waals surface area contributed by atoms with Crippen LogP contribution < -0.4 is 0 Å². The first-order chi connectivity index (χ1) is 44.0. The lowest BCUT2D eigenvalue weighted by Crippen LogP contribution is -2.37. The monoisotopic (exact) mass is 1280 g/mol. The Kier molecular flexibility index (Phi) is 67.4. The van der Waals surface area contributed by atoms with E-state index in [9.17, 15) is 19.0 Å². The highest BCUT2D eigenvalue weighted by Crippen LogP contribution is 2.43. The third kappa shape index (κ3) is 73.7. The molecule has 2 unspecified atom stereocenters. The number of ether oxygens (including phenoxy) is 2. The fourth-order valence-electron chi connectivity index (χ4n) is 10.6. The normalized spacial score (nSPS) is 13.7. The predicted octanol–water partition coefficient (Wildman–Crippen LogP) is 24.8. The standard InChI is InChI=1S/C80H142NO8P/c1-6-8-10-12-14-16-18-20-22-24-26-28-30-32-34-36-37-38-39-40-41-42-43-45-46-48-50-52-54-56-58-60-62-64-66-68-70-72-79(82)86-76-78(77-88-90(84,85)87-75-74-81(3,4)5)89-80(83)73-71-69-67-65-63-61-59-57-55-53-51-49-47-44-35-33-31-29-27-25-23-21-19-17-15-13-11-9-7-2/h9,11,15,17-18,20-21,23-24,26-27,29-30,32-33,35,47,49,78H,6-8,10,12-14,16,19,22,25,28,31,34,36-46,48,50-77H2,1-5H3/p+1/b11-9-,17-15-,20-18-,23-21-,26-24-,29-27-,32-30-,35-33-,49-47-. The summed E-state index contributed by atoms with van der Waals surface area (Å²) in [7, 11) is 1.48. The maximum Gasteiger partial charge on any atom is 0.472 e. The fourth-order valence-corrected chi connectivity index (χ4v) is 11.3. The molecular weight excluding hydrogens is 1130 g/mol. The number of nitrogens with zero attached hydrogens (tertiary/aromatic N) is 1. The van der Waals surface area contributed by atoms with Gasteiger partial charge >= 0.3 is 19.8 Å². The summed E-state index contributed by atoms with van der Waals surface area (Å²) < 4.78 is 34.8. The topological polar surface area (TPSA) is 108 Å². The van der Waals surface area contributed by atoms with Crippen LogP contribution >= 0.6 is 7.82 Å². The number of carbonyl (C=O) groups excluding carboxylic acids is 2. The highest BCUT2D eigenvalue weighted by atomic mass is 31.2. The zero-order valence-electron chi connectivity index (χ0n) is 59.4. The molecule has 0 saturated carbocycles. The van der Waals surface area contributed by atoms with Gasteiger partial charge in [-0.3, -0.25) is 18.6 Å². The van der Waals surface area contributed by atoms with Gasteiger partial charge in [0.25, 0.3) is 0 Å². The van der Waals surface area contributed by atoms with Crippen molar-refractivity contribution in [2.24, 2.45) is 0 Å². The first-order valence-electron chi connectivity index (χ1n) is 37.6. The summed E-state index contributed by atoms with van der Waals surface area (Å²) in [6.07, 6.45) is 99.3. The van der Waals surface area contributed by atoms with Crippen molar-refractivity contribution in [3.8, 4) is 0 Å². The maximum absolute atomic E-state index is 12.9. The van der Waals surface area contributed by atoms with Gasteiger partial charge in [0.15, 0.2) is 6.10 Å². The van der Waals surface area contributed by atoms with Gasteiger partial charge < -0.3 is 18.9 Å². The summed E-state index contributed by atoms with van der Waals surface area (Å²) in [6, 6.07) is 0. The van der Waals surface area contributed by atoms with Crippen LogP contribution in [0, 0.1) is 0 Å². The van der Waals surface area contributed by atoms with Crippen LogP contribution in [0.2, 0.25) is 0 Å². The van der Waals surface area contributed by atoms with E-state index in [1.165, 1.54) is 205 Å². The quantitative estimate of drug-likeness (QED) is 0.0211. The molecule has 0 fully saturated rings. The van der Waals surface area contributed by atoms with Gasteiger partial charge in [0, 0.05) is 12.8 Å². The van der Waals surface area contributed by atoms with E-state index >= 15 is 0 Å². The Hall–Kier alpha value is -3.33. The van der Waals surface area contributed by atoms with Gasteiger partial charge in [-0.25, -0.2) is 4.57 Å². The van der Waals surface area contributed by atoms with E-state index in [1.54, 1.807) is 0 Å². The molecule has 0 radical (unpaired) electrons. The lowest BCUT2D eigenvalue weighted by molar-refractivity contribution is -0.870. The number of esters is 2. The van der Waals surface area contributed by atoms with Crippen molar-refractivity contribution >= 4 is 19.8 Å². The van der Waals surface area contributed by atoms with E-state index in [2.05, 4.69) is 123 Å². The van der Waals surface area contributed by atoms with E-state index < -0.39 is 26.5 Å². The van der Waals surface area contributed by atoms with E-state index in [0.29, 0.717) is 17.4 Å². The summed E-state index contributed by atoms with van der Waals surface area (Å²) in [4.78, 5) is 35.9. The molecule has 90 heavy (non-hydrogen) atoms. The number of carbonyl (C=O) groups is 2. The van der Waals surface area contributed by atoms with Crippen molar-refractivity contribution in [2.45, 2.75) is 341 Å². The summed E-state index contributed by atoms with van der Waals surface area (Å²) in [5.41, 5.74) is 0. The SMILES string of the molecule is CC/C=C\C/C=C\C/C=C\C/C=C\C/C=C\C/C=C\CCCCCCCCCCCCC(=O)OC(COC(=O)CCCCCCCCCCCCCCCCCCCCCCCC/C=C\C/C=C\C/C=C\CCCCCCC)COP(=O)(O)OCC[N+](C)(C)C. The molecule has 0 aromatic heterocycles. The number of rotatable bonds is 69. The average Bonchev–Trinajstić information content (AvgIpc) is 3.58. The number of hydrogen-bond donors (Lipinski definition) is 1. The maximum atomic E-state index is 12.9. The minimum absolute atomic E-state index is 0.0278. The first-order valence-corrected chi connectivity index (χ1v) is 39.1. The summed E-state index contributed by atoms with van der Waals surface area (Å²) in [5, 5.41) is 0. The summed E-state index contributed by atoms with van der Waals surface area (Å²) in [5.74, 6) is -0.794. The molecule has 0 aliphatic heterocycles. The van der Waals surface area contributed by atoms with Crippen LogP contribution in [0.5, 0.6) is 0 Å². The molecule has 0 heterocycles. The molecule has 0 spiro atoms. The van der Waals surface area contributed by atoms with Crippen LogP contribution in [0.3, 0.4) is 0 Å². The van der Waals surface area contributed by atoms with Crippen molar-refractivity contribution < 1.29 is 42.1 Å². The van der Waals surface area contributed by atoms with Gasteiger partial charge in [-0.2, -0.15) is 0 Å². The zero-order valence-corrected chi connectivity index (χ0v) is 60.2. The van der Waals surface area contributed by atoms with Gasteiger partial charge in [0.2, 0.25) is 0 Å². The Morgan fingerprint density at radius 1 is 0.356 bits per heavy atom. The molecule has 0 rings (SSSR count). The number of likely N-dealkylation sites (N-methyl/N-ethyl adjacent to an activating group) is 1. The van der Waals surface area contributed by atoms with Crippen molar-refractivity contribution in [1.82, 2.24) is 0 Å². The molecule has 520 valence electrons. The second-order valence-corrected chi connectivity index (χ2v) is 27.8. The molecule has 0 aliphatic rings. The minimum atomic E-state index is -4.40. The van der Waals surface area contributed by atoms with E-state index in [4.69, 9.17) is 18.5 Å². The molecule has 0 saturated heterocycles. The van der Waals surface area contributed by atoms with Crippen molar-refractivity contribution in [3.63, 3.8) is 0 Å². The Bertz CT molecular complexity index is 1890. The summed E-state index contributed by atoms with van der Waals surface area (Å²) in [6.45, 7) is 4.33. The highest BCUT2D eigenvalue weighted by Gasteiger charge is 2.27. The third-order valence-corrected chi connectivity index (χ3v) is 17.3. The molecule has 10 heteroatoms. The van der Waals surface area contributed by atoms with Gasteiger partial charge in [0.1, 0.15) is 19.8 Å². The van der Waals surface area contributed by atoms with Crippen LogP contribution in [0.15, 0.2) is 109 Å². The molecule has 9 nitrogen and oxygen atoms in total. The first kappa shape index (κ1) is 86.7. The van der Waals surface area contributed by atoms with Crippen LogP contribution in [0.25, 0.3) is 0 Å². The minimum Gasteiger partial charge on any atom is -0.462 e. The molecule has 0 aromatic rings. The van der Waals surface area contributed by atoms with Gasteiger partial charge in [-0.15, -0.1) is 0 Å². The number of unbranched alkanes of at least 4 members (excludes halogenated alkanes) is 37. The second-order valence-electron chi connectivity index (χ2n) is 26.3. The predicted molar refractivity (Wildman–Crippen MR) is 390 cm³/mol. The van der Waals surface area contributed by atoms with Crippen LogP contribution in [0.1, 0.15) is 335 Å². The Labute approximate surface area is 556 Å². The van der Waals surface area contributed by atoms with E-state index in [0.717, 1.165) is 96.3 Å². The highest BCUT2D eigenvalue weighted by molar-refractivity contribution is 7.47. The van der Waals surface area contributed by atoms with Gasteiger partial charge in [0.05, 0.1) is 27.7 Å². The Morgan fingerprint density at radius 2 is 0.633 bits per heavy atom. The smallest absolute Gasteiger partial charge is 0.462 e. The number of phosphoric ester groups is 1. The molecule has 0 aromatic carbocycles. The van der Waals surface area contributed by atoms with E-state index in [-0.39, 0.29) is 32.0 Å². The average molecular weight is 1280 g/mol. The van der Waals surface area contributed by atoms with Crippen molar-refractivity contribution in [1.29, 1.82) is 0 Å². The van der Waals surface area contributed by atoms with Crippen molar-refractivity contribution in [3.05, 3.63) is 109 Å². The largest absolute Gasteiger partial charge is 0.472 e. The Balaban J connectivity index is 3.99. The number of quaternary nitrogens is 1. The van der Waals surface area contributed by atoms with Gasteiger partial charge in [-0.05, 0) is 103 Å². The second kappa shape index (κ2) is 70.0. The molecule has 0 amide bonds. The molecule has 0 aliphatic carbocycles. The van der Waals surface area contributed by atoms with Crippen LogP contribution in [-0.2, 0) is 32.7 Å². The Morgan fingerprint density at radius 3 is 0.944 bits per heavy atom. The third-order valence-electron chi connectivity index (χ3n) is 16.3. The molecular formula is C80H143NO8P+. The van der Waals surface area contributed by atoms with E-state index in [1.807, 2.05) is 21.1 Å². The molecule has 2 atom stereocenters. The zero-order chi connectivity index (χ0) is 65.5. The summed E-state index contributed by atoms with van der Waals surface area (Å²) >= 11 is 0. The molecule has 1 N–H and O–H groups in total. The van der Waals surface area contributed by atoms with Crippen LogP contribution in [0.4, 0.5) is 0 Å².